The van der Waals surface area contributed by atoms with Crippen LogP contribution in [0.2, 0.25) is 0 Å². The monoisotopic (exact) mass is 748 g/mol. The summed E-state index contributed by atoms with van der Waals surface area (Å²) >= 11 is 0. The Morgan fingerprint density at radius 1 is 0.511 bits per heavy atom. The van der Waals surface area contributed by atoms with Crippen LogP contribution in [0.1, 0.15) is 117 Å². The van der Waals surface area contributed by atoms with E-state index in [1.807, 2.05) is 0 Å². The molecule has 0 aliphatic carbocycles. The van der Waals surface area contributed by atoms with Crippen molar-refractivity contribution in [2.75, 3.05) is 40.6 Å². The molecule has 10 nitrogen and oxygen atoms in total. The van der Waals surface area contributed by atoms with Crippen LogP contribution in [0.25, 0.3) is 0 Å². The van der Waals surface area contributed by atoms with E-state index in [0.29, 0.717) is 38.2 Å². The Morgan fingerprint density at radius 2 is 0.822 bits per heavy atom. The van der Waals surface area contributed by atoms with E-state index in [9.17, 15) is 29.4 Å². The first kappa shape index (κ1) is 52.6. The first-order chi connectivity index (χ1) is 21.2. The predicted octanol–water partition coefficient (Wildman–Crippen LogP) is 4.51. The first-order valence-electron chi connectivity index (χ1n) is 15.8. The molecule has 0 spiro atoms. The molecule has 4 radical (unpaired) electrons. The number of methoxy groups -OCH3 is 2. The zero-order valence-electron chi connectivity index (χ0n) is 28.4. The molecule has 0 rings (SSSR count). The normalized spacial score (nSPS) is 9.91. The van der Waals surface area contributed by atoms with Crippen LogP contribution >= 0.6 is 0 Å². The summed E-state index contributed by atoms with van der Waals surface area (Å²) in [6, 6.07) is 0. The summed E-state index contributed by atoms with van der Waals surface area (Å²) in [7, 11) is 3.18. The summed E-state index contributed by atoms with van der Waals surface area (Å²) in [5.74, 6) is -4.18. The van der Waals surface area contributed by atoms with E-state index in [1.54, 1.807) is 14.2 Å². The maximum Gasteiger partial charge on any atom is 2.00 e. The number of unbranched alkanes of at least 4 members (excludes halogenated alkanes) is 12. The molecule has 0 amide bonds. The summed E-state index contributed by atoms with van der Waals surface area (Å²) < 4.78 is 18.9. The molecule has 0 heterocycles. The zero-order chi connectivity index (χ0) is 34.1. The molecule has 11 heteroatoms. The molecule has 0 bridgehead atoms. The Bertz CT molecular complexity index is 626. The van der Waals surface area contributed by atoms with Crippen LogP contribution < -0.4 is 10.2 Å². The second kappa shape index (κ2) is 49.0. The molecule has 260 valence electrons. The van der Waals surface area contributed by atoms with Gasteiger partial charge in [0.1, 0.15) is 0 Å². The second-order valence-electron chi connectivity index (χ2n) is 9.58. The number of carboxylic acids is 2. The van der Waals surface area contributed by atoms with Gasteiger partial charge in [-0.05, 0) is 37.8 Å². The summed E-state index contributed by atoms with van der Waals surface area (Å²) in [4.78, 5) is 41.3. The third-order valence-corrected chi connectivity index (χ3v) is 5.39. The molecular weight excluding hydrogens is 687 g/mol. The third kappa shape index (κ3) is 65.7. The van der Waals surface area contributed by atoms with Gasteiger partial charge in [-0.2, -0.15) is 0 Å². The second-order valence-corrected chi connectivity index (χ2v) is 9.58. The summed E-state index contributed by atoms with van der Waals surface area (Å²) in [6.07, 6.45) is 21.9. The Hall–Kier alpha value is -1.92. The van der Waals surface area contributed by atoms with Gasteiger partial charge in [0, 0.05) is 39.6 Å². The molecule has 0 saturated carbocycles. The van der Waals surface area contributed by atoms with E-state index in [1.165, 1.54) is 64.2 Å². The Morgan fingerprint density at radius 3 is 1.09 bits per heavy atom. The number of hydrogen-bond donors (Lipinski definition) is 0. The number of esters is 2. The van der Waals surface area contributed by atoms with Crippen LogP contribution in [0.3, 0.4) is 0 Å². The van der Waals surface area contributed by atoms with Gasteiger partial charge in [-0.3, -0.25) is 0 Å². The van der Waals surface area contributed by atoms with E-state index in [2.05, 4.69) is 37.2 Å². The maximum atomic E-state index is 10.7. The van der Waals surface area contributed by atoms with Crippen molar-refractivity contribution in [3.05, 3.63) is 38.2 Å². The van der Waals surface area contributed by atoms with Gasteiger partial charge in [0.05, 0.1) is 25.2 Å². The first-order valence-corrected chi connectivity index (χ1v) is 15.8. The Kier molecular flexibility index (Phi) is 57.2. The summed E-state index contributed by atoms with van der Waals surface area (Å²) in [5.41, 5.74) is 0. The topological polar surface area (TPSA) is 151 Å². The molecule has 0 aromatic rings. The van der Waals surface area contributed by atoms with Crippen molar-refractivity contribution in [2.24, 2.45) is 0 Å². The maximum absolute atomic E-state index is 10.7. The molecule has 0 atom stereocenters. The van der Waals surface area contributed by atoms with Crippen molar-refractivity contribution in [3.63, 3.8) is 0 Å². The van der Waals surface area contributed by atoms with Crippen molar-refractivity contribution in [3.8, 4) is 0 Å². The summed E-state index contributed by atoms with van der Waals surface area (Å²) in [5, 5.41) is 19.8. The molecular formula is C34H60O10Sn. The molecule has 0 N–H and O–H groups in total. The summed E-state index contributed by atoms with van der Waals surface area (Å²) in [6.45, 7) is 13.8. The van der Waals surface area contributed by atoms with Crippen molar-refractivity contribution < 1.29 is 48.3 Å². The fraction of sp³-hybridized carbons (Fsp3) is 0.706. The molecule has 0 aliphatic heterocycles. The van der Waals surface area contributed by atoms with Crippen molar-refractivity contribution in [2.45, 2.75) is 117 Å². The minimum absolute atomic E-state index is 0. The number of carboxylic acid groups (broad SMARTS) is 2. The van der Waals surface area contributed by atoms with E-state index in [0.717, 1.165) is 37.8 Å². The number of carbonyl (C=O) groups is 4. The molecule has 0 unspecified atom stereocenters. The van der Waals surface area contributed by atoms with Crippen LogP contribution in [0, 0.1) is 13.8 Å². The van der Waals surface area contributed by atoms with E-state index in [-0.39, 0.29) is 37.1 Å². The van der Waals surface area contributed by atoms with E-state index < -0.39 is 23.9 Å². The number of rotatable bonds is 24. The van der Waals surface area contributed by atoms with Gasteiger partial charge in [0.15, 0.2) is 0 Å². The van der Waals surface area contributed by atoms with Crippen molar-refractivity contribution in [1.29, 1.82) is 0 Å². The fourth-order valence-corrected chi connectivity index (χ4v) is 2.97. The molecule has 0 aromatic carbocycles. The third-order valence-electron chi connectivity index (χ3n) is 5.39. The van der Waals surface area contributed by atoms with Gasteiger partial charge >= 0.3 is 35.8 Å². The van der Waals surface area contributed by atoms with Gasteiger partial charge in [-0.1, -0.05) is 105 Å². The minimum atomic E-state index is -1.42. The van der Waals surface area contributed by atoms with Crippen molar-refractivity contribution >= 4 is 47.8 Å². The Balaban J connectivity index is -0.000000162. The molecule has 0 aliphatic rings. The van der Waals surface area contributed by atoms with Crippen LogP contribution in [0.15, 0.2) is 24.3 Å². The van der Waals surface area contributed by atoms with E-state index in [4.69, 9.17) is 9.47 Å². The van der Waals surface area contributed by atoms with Gasteiger partial charge in [-0.25, -0.2) is 9.59 Å². The van der Waals surface area contributed by atoms with Crippen LogP contribution in [0.4, 0.5) is 0 Å². The van der Waals surface area contributed by atoms with Gasteiger partial charge in [0.25, 0.3) is 0 Å². The standard InChI is InChI=1S/2C9H14O5.2C8H17.Sn/c2*1-13-6-2-3-7-14-9(12)5-4-8(10)11;2*1-3-5-7-8-6-4-2;/h2*4-5H,2-3,6-7H2,1H3,(H,10,11);2*1,3-8H2,2H3;/q;;;;+2/p-2/b2*5-4-;;;. The average molecular weight is 748 g/mol. The predicted molar refractivity (Wildman–Crippen MR) is 176 cm³/mol. The van der Waals surface area contributed by atoms with Crippen LogP contribution in [0.5, 0.6) is 0 Å². The van der Waals surface area contributed by atoms with E-state index >= 15 is 0 Å². The van der Waals surface area contributed by atoms with Gasteiger partial charge in [-0.15, -0.1) is 0 Å². The van der Waals surface area contributed by atoms with Crippen LogP contribution in [-0.2, 0) is 38.1 Å². The molecule has 0 aromatic heterocycles. The van der Waals surface area contributed by atoms with Gasteiger partial charge < -0.3 is 38.7 Å². The number of hydrogen-bond acceptors (Lipinski definition) is 10. The number of ether oxygens (including phenoxy) is 4. The number of aliphatic carboxylic acids is 2. The average Bonchev–Trinajstić information content (AvgIpc) is 3.00. The quantitative estimate of drug-likeness (QED) is 0.0598. The van der Waals surface area contributed by atoms with Crippen LogP contribution in [-0.4, -0.2) is 88.4 Å². The number of carbonyl (C=O) groups excluding carboxylic acids is 4. The SMILES string of the molecule is COCCCCOC(=O)/C=C\C(=O)[O-].COCCCCOC(=O)/C=C\C(=O)[O-].[CH2]CCCCCCC.[CH2]CCCCCCC.[Sn+2]. The molecule has 0 fully saturated rings. The van der Waals surface area contributed by atoms with Gasteiger partial charge in [0.2, 0.25) is 0 Å². The fourth-order valence-electron chi connectivity index (χ4n) is 2.97. The largest absolute Gasteiger partial charge is 2.00 e. The Labute approximate surface area is 290 Å². The minimum Gasteiger partial charge on any atom is -0.545 e. The zero-order valence-corrected chi connectivity index (χ0v) is 31.3. The molecule has 0 saturated heterocycles. The smallest absolute Gasteiger partial charge is 0.545 e. The molecule has 45 heavy (non-hydrogen) atoms. The van der Waals surface area contributed by atoms with Crippen molar-refractivity contribution in [1.82, 2.24) is 0 Å².